The number of nitrogens with zero attached hydrogens (tertiary/aromatic N) is 2. The van der Waals surface area contributed by atoms with Crippen molar-refractivity contribution in [3.05, 3.63) is 58.9 Å². The predicted molar refractivity (Wildman–Crippen MR) is 80.4 cm³/mol. The maximum Gasteiger partial charge on any atom is 0.0525 e. The number of hydrogen-bond donors (Lipinski definition) is 1. The van der Waals surface area contributed by atoms with Crippen LogP contribution in [0, 0.1) is 0 Å². The lowest BCUT2D eigenvalue weighted by molar-refractivity contribution is 0.734. The van der Waals surface area contributed by atoms with E-state index in [4.69, 9.17) is 17.3 Å². The minimum Gasteiger partial charge on any atom is -0.367 e. The highest BCUT2D eigenvalue weighted by Crippen LogP contribution is 2.31. The van der Waals surface area contributed by atoms with Crippen LogP contribution < -0.4 is 10.6 Å². The highest BCUT2D eigenvalue weighted by atomic mass is 35.5. The third-order valence-electron chi connectivity index (χ3n) is 3.41. The molecule has 0 saturated carbocycles. The molecule has 1 aromatic heterocycles. The summed E-state index contributed by atoms with van der Waals surface area (Å²) in [7, 11) is 2.04. The first kappa shape index (κ1) is 13.8. The Balaban J connectivity index is 2.34. The Kier molecular flexibility index (Phi) is 4.40. The van der Waals surface area contributed by atoms with Crippen molar-refractivity contribution in [3.8, 4) is 0 Å². The second kappa shape index (κ2) is 6.04. The van der Waals surface area contributed by atoms with Gasteiger partial charge in [0.05, 0.1) is 6.04 Å². The van der Waals surface area contributed by atoms with Gasteiger partial charge in [-0.1, -0.05) is 29.8 Å². The summed E-state index contributed by atoms with van der Waals surface area (Å²) in [5.74, 6) is 0. The van der Waals surface area contributed by atoms with Gasteiger partial charge in [-0.25, -0.2) is 0 Å². The smallest absolute Gasteiger partial charge is 0.0525 e. The Morgan fingerprint density at radius 2 is 2.05 bits per heavy atom. The molecular weight excluding hydrogens is 258 g/mol. The quantitative estimate of drug-likeness (QED) is 0.930. The van der Waals surface area contributed by atoms with Crippen LogP contribution >= 0.6 is 11.6 Å². The van der Waals surface area contributed by atoms with Crippen molar-refractivity contribution in [2.24, 2.45) is 5.73 Å². The number of pyridine rings is 1. The molecule has 0 radical (unpaired) electrons. The summed E-state index contributed by atoms with van der Waals surface area (Å²) in [6, 6.07) is 10.1. The Bertz CT molecular complexity index is 557. The normalized spacial score (nSPS) is 12.2. The third kappa shape index (κ3) is 2.88. The third-order valence-corrected chi connectivity index (χ3v) is 3.76. The molecule has 0 aliphatic heterocycles. The molecule has 0 fully saturated rings. The van der Waals surface area contributed by atoms with Gasteiger partial charge in [0.25, 0.3) is 0 Å². The Labute approximate surface area is 119 Å². The molecule has 2 N–H and O–H groups in total. The van der Waals surface area contributed by atoms with Crippen molar-refractivity contribution in [3.63, 3.8) is 0 Å². The van der Waals surface area contributed by atoms with Gasteiger partial charge >= 0.3 is 0 Å². The molecule has 0 amide bonds. The summed E-state index contributed by atoms with van der Waals surface area (Å²) in [5, 5.41) is 0.783. The fourth-order valence-electron chi connectivity index (χ4n) is 2.15. The van der Waals surface area contributed by atoms with Gasteiger partial charge in [0.1, 0.15) is 0 Å². The lowest BCUT2D eigenvalue weighted by atomic mass is 10.1. The molecule has 3 nitrogen and oxygen atoms in total. The van der Waals surface area contributed by atoms with Crippen LogP contribution in [0.25, 0.3) is 0 Å². The SMILES string of the molecule is CC(c1ccccc1Cl)N(C)c1ccncc1CN. The highest BCUT2D eigenvalue weighted by Gasteiger charge is 2.16. The Hall–Kier alpha value is -1.58. The molecule has 1 unspecified atom stereocenters. The first-order valence-corrected chi connectivity index (χ1v) is 6.63. The van der Waals surface area contributed by atoms with Crippen LogP contribution in [0.5, 0.6) is 0 Å². The van der Waals surface area contributed by atoms with E-state index >= 15 is 0 Å². The Morgan fingerprint density at radius 1 is 1.32 bits per heavy atom. The van der Waals surface area contributed by atoms with Gasteiger partial charge in [-0.15, -0.1) is 0 Å². The summed E-state index contributed by atoms with van der Waals surface area (Å²) in [4.78, 5) is 6.29. The van der Waals surface area contributed by atoms with Crippen molar-refractivity contribution >= 4 is 17.3 Å². The standard InChI is InChI=1S/C15H18ClN3/c1-11(13-5-3-4-6-14(13)16)19(2)15-7-8-18-10-12(15)9-17/h3-8,10-11H,9,17H2,1-2H3. The lowest BCUT2D eigenvalue weighted by Crippen LogP contribution is -2.23. The summed E-state index contributed by atoms with van der Waals surface area (Å²) in [5.41, 5.74) is 8.99. The van der Waals surface area contributed by atoms with Crippen LogP contribution in [0.3, 0.4) is 0 Å². The largest absolute Gasteiger partial charge is 0.367 e. The minimum atomic E-state index is 0.168. The predicted octanol–water partition coefficient (Wildman–Crippen LogP) is 3.39. The fourth-order valence-corrected chi connectivity index (χ4v) is 2.45. The number of aromatic nitrogens is 1. The zero-order valence-corrected chi connectivity index (χ0v) is 11.9. The van der Waals surface area contributed by atoms with Crippen molar-refractivity contribution in [1.29, 1.82) is 0 Å². The molecule has 0 bridgehead atoms. The van der Waals surface area contributed by atoms with Crippen LogP contribution in [0.4, 0.5) is 5.69 Å². The number of rotatable bonds is 4. The number of halogens is 1. The van der Waals surface area contributed by atoms with Crippen molar-refractivity contribution in [1.82, 2.24) is 4.98 Å². The van der Waals surface area contributed by atoms with Gasteiger partial charge in [0.2, 0.25) is 0 Å². The van der Waals surface area contributed by atoms with E-state index in [9.17, 15) is 0 Å². The average molecular weight is 276 g/mol. The molecule has 0 aliphatic carbocycles. The number of nitrogens with two attached hydrogens (primary N) is 1. The van der Waals surface area contributed by atoms with Gasteiger partial charge in [-0.2, -0.15) is 0 Å². The van der Waals surface area contributed by atoms with Crippen LogP contribution in [-0.4, -0.2) is 12.0 Å². The van der Waals surface area contributed by atoms with E-state index in [1.807, 2.05) is 43.6 Å². The molecular formula is C15H18ClN3. The second-order valence-corrected chi connectivity index (χ2v) is 4.92. The summed E-state index contributed by atoms with van der Waals surface area (Å²) < 4.78 is 0. The van der Waals surface area contributed by atoms with Gasteiger partial charge in [-0.05, 0) is 24.6 Å². The van der Waals surface area contributed by atoms with Crippen molar-refractivity contribution in [2.45, 2.75) is 19.5 Å². The molecule has 0 aliphatic rings. The first-order valence-electron chi connectivity index (χ1n) is 6.25. The summed E-state index contributed by atoms with van der Waals surface area (Å²) >= 11 is 6.26. The number of benzene rings is 1. The summed E-state index contributed by atoms with van der Waals surface area (Å²) in [6.45, 7) is 2.60. The molecule has 1 heterocycles. The van der Waals surface area contributed by atoms with Crippen LogP contribution in [0.15, 0.2) is 42.7 Å². The van der Waals surface area contributed by atoms with Crippen molar-refractivity contribution in [2.75, 3.05) is 11.9 Å². The minimum absolute atomic E-state index is 0.168. The molecule has 1 atom stereocenters. The lowest BCUT2D eigenvalue weighted by Gasteiger charge is -2.29. The van der Waals surface area contributed by atoms with Gasteiger partial charge in [0.15, 0.2) is 0 Å². The van der Waals surface area contributed by atoms with Gasteiger partial charge in [-0.3, -0.25) is 4.98 Å². The molecule has 0 saturated heterocycles. The molecule has 100 valence electrons. The molecule has 4 heteroatoms. The molecule has 2 rings (SSSR count). The van der Waals surface area contributed by atoms with E-state index in [1.165, 1.54) is 0 Å². The maximum absolute atomic E-state index is 6.26. The van der Waals surface area contributed by atoms with Gasteiger partial charge in [0, 0.05) is 42.3 Å². The Morgan fingerprint density at radius 3 is 2.74 bits per heavy atom. The molecule has 0 spiro atoms. The van der Waals surface area contributed by atoms with Crippen LogP contribution in [-0.2, 0) is 6.54 Å². The number of hydrogen-bond acceptors (Lipinski definition) is 3. The molecule has 19 heavy (non-hydrogen) atoms. The van der Waals surface area contributed by atoms with Gasteiger partial charge < -0.3 is 10.6 Å². The van der Waals surface area contributed by atoms with E-state index < -0.39 is 0 Å². The van der Waals surface area contributed by atoms with E-state index in [2.05, 4.69) is 16.8 Å². The van der Waals surface area contributed by atoms with Crippen molar-refractivity contribution < 1.29 is 0 Å². The maximum atomic E-state index is 6.26. The van der Waals surface area contributed by atoms with Crippen LogP contribution in [0.2, 0.25) is 5.02 Å². The van der Waals surface area contributed by atoms with E-state index in [-0.39, 0.29) is 6.04 Å². The zero-order valence-electron chi connectivity index (χ0n) is 11.2. The van der Waals surface area contributed by atoms with E-state index in [1.54, 1.807) is 6.20 Å². The molecule has 1 aromatic carbocycles. The first-order chi connectivity index (χ1) is 9.15. The second-order valence-electron chi connectivity index (χ2n) is 4.52. The fraction of sp³-hybridized carbons (Fsp3) is 0.267. The monoisotopic (exact) mass is 275 g/mol. The molecule has 2 aromatic rings. The van der Waals surface area contributed by atoms with Crippen LogP contribution in [0.1, 0.15) is 24.1 Å². The summed E-state index contributed by atoms with van der Waals surface area (Å²) in [6.07, 6.45) is 3.59. The topological polar surface area (TPSA) is 42.2 Å². The highest BCUT2D eigenvalue weighted by molar-refractivity contribution is 6.31. The van der Waals surface area contributed by atoms with E-state index in [0.717, 1.165) is 21.8 Å². The number of anilines is 1. The van der Waals surface area contributed by atoms with E-state index in [0.29, 0.717) is 6.54 Å². The average Bonchev–Trinajstić information content (AvgIpc) is 2.46. The zero-order chi connectivity index (χ0) is 13.8.